The second kappa shape index (κ2) is 5.50. The molecule has 122 valence electrons. The molecule has 5 unspecified atom stereocenters. The van der Waals surface area contributed by atoms with Crippen LogP contribution in [0, 0.1) is 0 Å². The quantitative estimate of drug-likeness (QED) is 0.797. The van der Waals surface area contributed by atoms with Crippen molar-refractivity contribution in [3.05, 3.63) is 35.9 Å². The number of hydrogen-bond donors (Lipinski definition) is 1. The van der Waals surface area contributed by atoms with Gasteiger partial charge in [-0.15, -0.1) is 0 Å². The second-order valence-corrected chi connectivity index (χ2v) is 6.05. The highest BCUT2D eigenvalue weighted by Crippen LogP contribution is 2.40. The number of β-amino-alcohol motifs (C(OH)–C–C–N with tert-alkyl or cyclic N) is 1. The van der Waals surface area contributed by atoms with E-state index in [4.69, 9.17) is 14.2 Å². The summed E-state index contributed by atoms with van der Waals surface area (Å²) >= 11 is 0. The molecule has 3 aliphatic heterocycles. The topological polar surface area (TPSA) is 85.3 Å². The molecule has 3 aliphatic rings. The van der Waals surface area contributed by atoms with Crippen LogP contribution in [-0.2, 0) is 25.6 Å². The van der Waals surface area contributed by atoms with Gasteiger partial charge >= 0.3 is 12.1 Å². The molecule has 4 rings (SSSR count). The third kappa shape index (κ3) is 2.46. The van der Waals surface area contributed by atoms with Crippen LogP contribution >= 0.6 is 0 Å². The number of aliphatic hydroxyl groups excluding tert-OH is 1. The fraction of sp³-hybridized carbons (Fsp3) is 0.500. The summed E-state index contributed by atoms with van der Waals surface area (Å²) in [7, 11) is 0. The average molecular weight is 319 g/mol. The lowest BCUT2D eigenvalue weighted by atomic mass is 10.1. The number of hydrogen-bond acceptors (Lipinski definition) is 6. The summed E-state index contributed by atoms with van der Waals surface area (Å²) in [5.74, 6) is -0.336. The Labute approximate surface area is 132 Å². The van der Waals surface area contributed by atoms with E-state index in [1.54, 1.807) is 0 Å². The summed E-state index contributed by atoms with van der Waals surface area (Å²) in [6.45, 7) is 0.266. The van der Waals surface area contributed by atoms with Crippen LogP contribution in [0.1, 0.15) is 12.0 Å². The predicted molar refractivity (Wildman–Crippen MR) is 76.3 cm³/mol. The molecule has 7 nitrogen and oxygen atoms in total. The molecule has 1 aromatic carbocycles. The summed E-state index contributed by atoms with van der Waals surface area (Å²) in [5, 5.41) is 10.1. The number of ether oxygens (including phenoxy) is 3. The maximum absolute atomic E-state index is 12.4. The van der Waals surface area contributed by atoms with Crippen molar-refractivity contribution in [3.8, 4) is 0 Å². The lowest BCUT2D eigenvalue weighted by Gasteiger charge is -2.25. The molecule has 0 radical (unpaired) electrons. The Morgan fingerprint density at radius 3 is 2.87 bits per heavy atom. The molecule has 1 aromatic rings. The minimum Gasteiger partial charge on any atom is -0.457 e. The minimum atomic E-state index is -0.798. The number of likely N-dealkylation sites (tertiary alicyclic amines) is 1. The molecule has 7 heteroatoms. The summed E-state index contributed by atoms with van der Waals surface area (Å²) in [6, 6.07) is 8.87. The van der Waals surface area contributed by atoms with Gasteiger partial charge in [0.15, 0.2) is 6.10 Å². The summed E-state index contributed by atoms with van der Waals surface area (Å²) < 4.78 is 16.3. The molecular weight excluding hydrogens is 302 g/mol. The van der Waals surface area contributed by atoms with Gasteiger partial charge in [0.1, 0.15) is 31.0 Å². The summed E-state index contributed by atoms with van der Waals surface area (Å²) in [6.07, 6.45) is -2.61. The highest BCUT2D eigenvalue weighted by molar-refractivity contribution is 5.74. The van der Waals surface area contributed by atoms with E-state index >= 15 is 0 Å². The fourth-order valence-electron chi connectivity index (χ4n) is 3.54. The van der Waals surface area contributed by atoms with Gasteiger partial charge in [-0.25, -0.2) is 4.79 Å². The largest absolute Gasteiger partial charge is 0.457 e. The fourth-order valence-corrected chi connectivity index (χ4v) is 3.54. The SMILES string of the molecule is O=C1CC2OC3C(O)CN(C(=O)OCc4ccccc4)C3C2O1. The Morgan fingerprint density at radius 2 is 2.09 bits per heavy atom. The second-order valence-electron chi connectivity index (χ2n) is 6.05. The van der Waals surface area contributed by atoms with Gasteiger partial charge in [0.2, 0.25) is 0 Å². The molecule has 5 atom stereocenters. The van der Waals surface area contributed by atoms with Crippen LogP contribution < -0.4 is 0 Å². The zero-order valence-corrected chi connectivity index (χ0v) is 12.3. The number of carbonyl (C=O) groups excluding carboxylic acids is 2. The third-order valence-corrected chi connectivity index (χ3v) is 4.57. The first-order valence-electron chi connectivity index (χ1n) is 7.64. The number of aliphatic hydroxyl groups is 1. The van der Waals surface area contributed by atoms with Gasteiger partial charge in [0.05, 0.1) is 13.0 Å². The molecule has 0 spiro atoms. The molecule has 1 amide bonds. The van der Waals surface area contributed by atoms with Crippen LogP contribution in [0.3, 0.4) is 0 Å². The molecule has 0 aromatic heterocycles. The van der Waals surface area contributed by atoms with Gasteiger partial charge in [-0.05, 0) is 5.56 Å². The zero-order valence-electron chi connectivity index (χ0n) is 12.3. The van der Waals surface area contributed by atoms with Crippen LogP contribution in [0.25, 0.3) is 0 Å². The first kappa shape index (κ1) is 14.5. The third-order valence-electron chi connectivity index (χ3n) is 4.57. The van der Waals surface area contributed by atoms with Gasteiger partial charge in [-0.2, -0.15) is 0 Å². The number of esters is 1. The maximum Gasteiger partial charge on any atom is 0.410 e. The number of rotatable bonds is 2. The van der Waals surface area contributed by atoms with E-state index in [9.17, 15) is 14.7 Å². The van der Waals surface area contributed by atoms with E-state index in [-0.39, 0.29) is 25.5 Å². The van der Waals surface area contributed by atoms with Crippen LogP contribution in [0.2, 0.25) is 0 Å². The van der Waals surface area contributed by atoms with Gasteiger partial charge in [0, 0.05) is 0 Å². The summed E-state index contributed by atoms with van der Waals surface area (Å²) in [4.78, 5) is 25.2. The van der Waals surface area contributed by atoms with E-state index in [0.717, 1.165) is 5.56 Å². The summed E-state index contributed by atoms with van der Waals surface area (Å²) in [5.41, 5.74) is 0.880. The monoisotopic (exact) mass is 319 g/mol. The highest BCUT2D eigenvalue weighted by Gasteiger charge is 2.60. The van der Waals surface area contributed by atoms with Crippen LogP contribution in [0.15, 0.2) is 30.3 Å². The van der Waals surface area contributed by atoms with E-state index in [0.29, 0.717) is 0 Å². The first-order valence-corrected chi connectivity index (χ1v) is 7.64. The van der Waals surface area contributed by atoms with Crippen LogP contribution in [0.4, 0.5) is 4.79 Å². The molecule has 0 bridgehead atoms. The Bertz CT molecular complexity index is 620. The Balaban J connectivity index is 1.45. The van der Waals surface area contributed by atoms with Crippen molar-refractivity contribution >= 4 is 12.1 Å². The van der Waals surface area contributed by atoms with E-state index in [1.807, 2.05) is 30.3 Å². The molecule has 0 saturated carbocycles. The zero-order chi connectivity index (χ0) is 16.0. The number of fused-ring (bicyclic) bond motifs is 3. The van der Waals surface area contributed by atoms with Crippen molar-refractivity contribution in [2.45, 2.75) is 43.5 Å². The normalized spacial score (nSPS) is 34.9. The predicted octanol–water partition coefficient (Wildman–Crippen LogP) is 0.451. The molecule has 3 saturated heterocycles. The molecule has 0 aliphatic carbocycles. The number of amides is 1. The van der Waals surface area contributed by atoms with Crippen LogP contribution in [-0.4, -0.2) is 59.1 Å². The number of benzene rings is 1. The standard InChI is InChI=1S/C16H17NO6/c18-10-7-17(16(20)21-8-9-4-2-1-3-5-9)13-14(10)22-11-6-12(19)23-15(11)13/h1-5,10-11,13-15,18H,6-8H2. The molecule has 3 heterocycles. The van der Waals surface area contributed by atoms with Crippen molar-refractivity contribution in [2.75, 3.05) is 6.54 Å². The first-order chi connectivity index (χ1) is 11.1. The van der Waals surface area contributed by atoms with Crippen molar-refractivity contribution in [1.29, 1.82) is 0 Å². The molecular formula is C16H17NO6. The van der Waals surface area contributed by atoms with Gasteiger partial charge in [-0.1, -0.05) is 30.3 Å². The van der Waals surface area contributed by atoms with Crippen molar-refractivity contribution < 1.29 is 28.9 Å². The highest BCUT2D eigenvalue weighted by atomic mass is 16.6. The Kier molecular flexibility index (Phi) is 3.46. The van der Waals surface area contributed by atoms with Crippen molar-refractivity contribution in [3.63, 3.8) is 0 Å². The lowest BCUT2D eigenvalue weighted by molar-refractivity contribution is -0.143. The van der Waals surface area contributed by atoms with Gasteiger partial charge < -0.3 is 19.3 Å². The smallest absolute Gasteiger partial charge is 0.410 e. The number of carbonyl (C=O) groups is 2. The van der Waals surface area contributed by atoms with Gasteiger partial charge in [0.25, 0.3) is 0 Å². The van der Waals surface area contributed by atoms with E-state index in [2.05, 4.69) is 0 Å². The van der Waals surface area contributed by atoms with E-state index < -0.39 is 36.6 Å². The molecule has 3 fully saturated rings. The molecule has 23 heavy (non-hydrogen) atoms. The maximum atomic E-state index is 12.4. The lowest BCUT2D eigenvalue weighted by Crippen LogP contribution is -2.45. The average Bonchev–Trinajstić information content (AvgIpc) is 3.16. The van der Waals surface area contributed by atoms with E-state index in [1.165, 1.54) is 4.90 Å². The Morgan fingerprint density at radius 1 is 1.30 bits per heavy atom. The number of nitrogens with zero attached hydrogens (tertiary/aromatic N) is 1. The minimum absolute atomic E-state index is 0.115. The van der Waals surface area contributed by atoms with Crippen molar-refractivity contribution in [2.24, 2.45) is 0 Å². The van der Waals surface area contributed by atoms with Gasteiger partial charge in [-0.3, -0.25) is 9.69 Å². The van der Waals surface area contributed by atoms with Crippen LogP contribution in [0.5, 0.6) is 0 Å². The Hall–Kier alpha value is -2.12. The molecule has 1 N–H and O–H groups in total. The van der Waals surface area contributed by atoms with Crippen molar-refractivity contribution in [1.82, 2.24) is 4.90 Å².